The van der Waals surface area contributed by atoms with Gasteiger partial charge in [-0.25, -0.2) is 23.7 Å². The average molecular weight is 412 g/mol. The van der Waals surface area contributed by atoms with Gasteiger partial charge in [0.2, 0.25) is 0 Å². The van der Waals surface area contributed by atoms with Crippen LogP contribution in [0.5, 0.6) is 0 Å². The Morgan fingerprint density at radius 2 is 2.13 bits per heavy atom. The molecule has 3 aromatic rings. The fraction of sp³-hybridized carbons (Fsp3) is 0.429. The highest BCUT2D eigenvalue weighted by Gasteiger charge is 2.28. The molecule has 1 fully saturated rings. The van der Waals surface area contributed by atoms with Crippen molar-refractivity contribution in [1.29, 1.82) is 0 Å². The van der Waals surface area contributed by atoms with E-state index in [9.17, 15) is 9.18 Å². The molecule has 30 heavy (non-hydrogen) atoms. The molecule has 1 aliphatic rings. The Morgan fingerprint density at radius 1 is 1.30 bits per heavy atom. The van der Waals surface area contributed by atoms with Crippen LogP contribution in [-0.2, 0) is 4.74 Å². The van der Waals surface area contributed by atoms with Crippen LogP contribution in [0.15, 0.2) is 36.8 Å². The van der Waals surface area contributed by atoms with Crippen molar-refractivity contribution in [3.63, 3.8) is 0 Å². The van der Waals surface area contributed by atoms with Crippen LogP contribution in [0.25, 0.3) is 16.9 Å². The molecule has 0 aliphatic carbocycles. The van der Waals surface area contributed by atoms with E-state index in [0.717, 1.165) is 30.1 Å². The minimum Gasteiger partial charge on any atom is -0.444 e. The average Bonchev–Trinajstić information content (AvgIpc) is 3.13. The molecule has 8 nitrogen and oxygen atoms in total. The van der Waals surface area contributed by atoms with Crippen LogP contribution in [0.3, 0.4) is 0 Å². The maximum atomic E-state index is 14.4. The Hall–Kier alpha value is -3.23. The lowest BCUT2D eigenvalue weighted by atomic mass is 10.1. The molecule has 1 saturated heterocycles. The Labute approximate surface area is 174 Å². The molecular formula is C21H25FN6O2. The molecule has 0 spiro atoms. The van der Waals surface area contributed by atoms with E-state index < -0.39 is 11.4 Å². The molecule has 1 N–H and O–H groups in total. The first kappa shape index (κ1) is 20.1. The van der Waals surface area contributed by atoms with Crippen molar-refractivity contribution in [3.8, 4) is 11.4 Å². The zero-order valence-corrected chi connectivity index (χ0v) is 17.3. The highest BCUT2D eigenvalue weighted by molar-refractivity contribution is 5.76. The number of halogens is 1. The summed E-state index contributed by atoms with van der Waals surface area (Å²) in [6, 6.07) is 5.55. The fourth-order valence-electron chi connectivity index (χ4n) is 3.49. The molecule has 0 aromatic carbocycles. The molecule has 0 radical (unpaired) electrons. The largest absolute Gasteiger partial charge is 0.444 e. The van der Waals surface area contributed by atoms with Crippen LogP contribution in [-0.4, -0.2) is 55.3 Å². The Balaban J connectivity index is 1.52. The van der Waals surface area contributed by atoms with Crippen molar-refractivity contribution in [2.75, 3.05) is 18.4 Å². The van der Waals surface area contributed by atoms with Crippen LogP contribution >= 0.6 is 0 Å². The van der Waals surface area contributed by atoms with Gasteiger partial charge in [-0.3, -0.25) is 0 Å². The third-order valence-corrected chi connectivity index (χ3v) is 4.83. The molecule has 0 bridgehead atoms. The van der Waals surface area contributed by atoms with Crippen LogP contribution in [0.1, 0.15) is 33.6 Å². The summed E-state index contributed by atoms with van der Waals surface area (Å²) in [7, 11) is 0. The molecule has 1 amide bonds. The molecular weight excluding hydrogens is 387 g/mol. The van der Waals surface area contributed by atoms with E-state index in [1.165, 1.54) is 0 Å². The van der Waals surface area contributed by atoms with E-state index in [1.807, 2.05) is 45.2 Å². The van der Waals surface area contributed by atoms with Crippen LogP contribution in [0.2, 0.25) is 0 Å². The number of nitrogens with zero attached hydrogens (tertiary/aromatic N) is 5. The summed E-state index contributed by atoms with van der Waals surface area (Å²) in [5, 5.41) is 7.43. The minimum atomic E-state index is -0.556. The topological polar surface area (TPSA) is 84.6 Å². The van der Waals surface area contributed by atoms with Gasteiger partial charge in [-0.2, -0.15) is 5.10 Å². The van der Waals surface area contributed by atoms with E-state index in [0.29, 0.717) is 18.9 Å². The van der Waals surface area contributed by atoms with Crippen molar-refractivity contribution in [2.45, 2.75) is 45.3 Å². The standard InChI is InChI=1S/C21H25FN6O2/c1-21(2,3)30-20(29)27-9-6-7-14(13-27)25-19-16(22)12-23-18(26-19)15-11-24-28-10-5-4-8-17(15)28/h4-5,8,10-12,14H,6-7,9,13H2,1-3H3,(H,23,25,26). The lowest BCUT2D eigenvalue weighted by Gasteiger charge is -2.34. The van der Waals surface area contributed by atoms with Gasteiger partial charge in [0.15, 0.2) is 17.5 Å². The number of rotatable bonds is 3. The van der Waals surface area contributed by atoms with Gasteiger partial charge in [-0.05, 0) is 45.7 Å². The number of fused-ring (bicyclic) bond motifs is 1. The molecule has 0 saturated carbocycles. The summed E-state index contributed by atoms with van der Waals surface area (Å²) >= 11 is 0. The van der Waals surface area contributed by atoms with Gasteiger partial charge >= 0.3 is 6.09 Å². The zero-order chi connectivity index (χ0) is 21.3. The van der Waals surface area contributed by atoms with Gasteiger partial charge < -0.3 is 15.0 Å². The monoisotopic (exact) mass is 412 g/mol. The number of amides is 1. The summed E-state index contributed by atoms with van der Waals surface area (Å²) in [6.45, 7) is 6.55. The van der Waals surface area contributed by atoms with Gasteiger partial charge in [0.25, 0.3) is 0 Å². The number of likely N-dealkylation sites (tertiary alicyclic amines) is 1. The molecule has 1 aliphatic heterocycles. The summed E-state index contributed by atoms with van der Waals surface area (Å²) in [6.07, 6.45) is 5.89. The number of hydrogen-bond acceptors (Lipinski definition) is 6. The van der Waals surface area contributed by atoms with Crippen molar-refractivity contribution in [3.05, 3.63) is 42.6 Å². The second kappa shape index (κ2) is 7.89. The van der Waals surface area contributed by atoms with E-state index in [4.69, 9.17) is 4.74 Å². The van der Waals surface area contributed by atoms with Crippen LogP contribution in [0.4, 0.5) is 15.0 Å². The first-order valence-electron chi connectivity index (χ1n) is 10.00. The quantitative estimate of drug-likeness (QED) is 0.705. The molecule has 158 valence electrons. The van der Waals surface area contributed by atoms with E-state index in [2.05, 4.69) is 20.4 Å². The second-order valence-electron chi connectivity index (χ2n) is 8.39. The number of nitrogens with one attached hydrogen (secondary N) is 1. The highest BCUT2D eigenvalue weighted by atomic mass is 19.1. The van der Waals surface area contributed by atoms with Gasteiger partial charge in [0, 0.05) is 25.3 Å². The Bertz CT molecular complexity index is 1060. The third kappa shape index (κ3) is 4.34. The first-order valence-corrected chi connectivity index (χ1v) is 10.00. The van der Waals surface area contributed by atoms with Crippen molar-refractivity contribution >= 4 is 17.4 Å². The summed E-state index contributed by atoms with van der Waals surface area (Å²) < 4.78 is 21.6. The summed E-state index contributed by atoms with van der Waals surface area (Å²) in [5.41, 5.74) is 1.00. The molecule has 1 atom stereocenters. The van der Waals surface area contributed by atoms with Crippen LogP contribution in [0, 0.1) is 5.82 Å². The van der Waals surface area contributed by atoms with Gasteiger partial charge in [0.1, 0.15) is 5.60 Å². The number of carbonyl (C=O) groups excluding carboxylic acids is 1. The molecule has 3 aromatic heterocycles. The second-order valence-corrected chi connectivity index (χ2v) is 8.39. The van der Waals surface area contributed by atoms with Gasteiger partial charge in [0.05, 0.1) is 23.5 Å². The first-order chi connectivity index (χ1) is 14.3. The number of hydrogen-bond donors (Lipinski definition) is 1. The van der Waals surface area contributed by atoms with Crippen molar-refractivity contribution < 1.29 is 13.9 Å². The molecule has 1 unspecified atom stereocenters. The van der Waals surface area contributed by atoms with Gasteiger partial charge in [-0.1, -0.05) is 6.07 Å². The maximum Gasteiger partial charge on any atom is 0.410 e. The van der Waals surface area contributed by atoms with Crippen molar-refractivity contribution in [1.82, 2.24) is 24.5 Å². The summed E-state index contributed by atoms with van der Waals surface area (Å²) in [4.78, 5) is 22.6. The Morgan fingerprint density at radius 3 is 2.93 bits per heavy atom. The molecule has 4 rings (SSSR count). The third-order valence-electron chi connectivity index (χ3n) is 4.83. The number of pyridine rings is 1. The SMILES string of the molecule is CC(C)(C)OC(=O)N1CCCC(Nc2nc(-c3cnn4ccccc34)ncc2F)C1. The lowest BCUT2D eigenvalue weighted by Crippen LogP contribution is -2.47. The van der Waals surface area contributed by atoms with E-state index in [1.54, 1.807) is 15.6 Å². The summed E-state index contributed by atoms with van der Waals surface area (Å²) in [5.74, 6) is -0.0316. The number of piperidine rings is 1. The van der Waals surface area contributed by atoms with Crippen LogP contribution < -0.4 is 5.32 Å². The number of aromatic nitrogens is 4. The lowest BCUT2D eigenvalue weighted by molar-refractivity contribution is 0.0206. The highest BCUT2D eigenvalue weighted by Crippen LogP contribution is 2.24. The number of anilines is 1. The normalized spacial score (nSPS) is 17.2. The molecule has 9 heteroatoms. The predicted molar refractivity (Wildman–Crippen MR) is 111 cm³/mol. The maximum absolute atomic E-state index is 14.4. The number of ether oxygens (including phenoxy) is 1. The smallest absolute Gasteiger partial charge is 0.410 e. The van der Waals surface area contributed by atoms with Crippen molar-refractivity contribution in [2.24, 2.45) is 0 Å². The van der Waals surface area contributed by atoms with Gasteiger partial charge in [-0.15, -0.1) is 0 Å². The zero-order valence-electron chi connectivity index (χ0n) is 17.3. The minimum absolute atomic E-state index is 0.117. The fourth-order valence-corrected chi connectivity index (χ4v) is 3.49. The van der Waals surface area contributed by atoms with E-state index >= 15 is 0 Å². The predicted octanol–water partition coefficient (Wildman–Crippen LogP) is 3.74. The number of carbonyl (C=O) groups is 1. The van der Waals surface area contributed by atoms with E-state index in [-0.39, 0.29) is 18.0 Å². The molecule has 4 heterocycles. The Kier molecular flexibility index (Phi) is 5.27.